The zero-order chi connectivity index (χ0) is 13.8. The molecule has 19 heavy (non-hydrogen) atoms. The van der Waals surface area contributed by atoms with Crippen molar-refractivity contribution >= 4 is 17.6 Å². The Bertz CT molecular complexity index is 580. The molecule has 0 amide bonds. The van der Waals surface area contributed by atoms with Crippen LogP contribution in [-0.2, 0) is 6.54 Å². The maximum absolute atomic E-state index is 10.9. The van der Waals surface area contributed by atoms with Crippen molar-refractivity contribution in [3.8, 4) is 11.4 Å². The van der Waals surface area contributed by atoms with Gasteiger partial charge in [0.15, 0.2) is 0 Å². The van der Waals surface area contributed by atoms with E-state index in [2.05, 4.69) is 4.98 Å². The van der Waals surface area contributed by atoms with E-state index in [1.54, 1.807) is 11.8 Å². The van der Waals surface area contributed by atoms with Crippen molar-refractivity contribution in [1.82, 2.24) is 9.55 Å². The molecule has 1 heterocycles. The molecule has 0 saturated heterocycles. The average Bonchev–Trinajstić information content (AvgIpc) is 2.83. The molecule has 0 aliphatic rings. The molecule has 0 aliphatic heterocycles. The van der Waals surface area contributed by atoms with Gasteiger partial charge in [0.1, 0.15) is 12.7 Å². The summed E-state index contributed by atoms with van der Waals surface area (Å²) in [5.41, 5.74) is 0.791. The van der Waals surface area contributed by atoms with E-state index < -0.39 is 4.92 Å². The lowest BCUT2D eigenvalue weighted by molar-refractivity contribution is -0.392. The number of thioether (sulfide) groups is 1. The minimum Gasteiger partial charge on any atom is -0.392 e. The molecule has 0 saturated carbocycles. The van der Waals surface area contributed by atoms with Gasteiger partial charge in [0.25, 0.3) is 0 Å². The zero-order valence-electron chi connectivity index (χ0n) is 10.3. The van der Waals surface area contributed by atoms with Crippen LogP contribution in [0.4, 0.5) is 5.82 Å². The third-order valence-electron chi connectivity index (χ3n) is 2.69. The van der Waals surface area contributed by atoms with Crippen LogP contribution in [-0.4, -0.2) is 32.4 Å². The van der Waals surface area contributed by atoms with Crippen LogP contribution in [0.2, 0.25) is 0 Å². The Kier molecular flexibility index (Phi) is 4.18. The highest BCUT2D eigenvalue weighted by molar-refractivity contribution is 7.98. The van der Waals surface area contributed by atoms with Crippen molar-refractivity contribution in [2.45, 2.75) is 11.4 Å². The predicted molar refractivity (Wildman–Crippen MR) is 73.2 cm³/mol. The standard InChI is InChI=1S/C12H13N3O3S/c1-19-10-4-2-9(3-5-10)12-13-8-11(15(17)18)14(12)6-7-16/h2-5,8,16H,6-7H2,1H3. The number of aliphatic hydroxyl groups is 1. The first-order chi connectivity index (χ1) is 9.17. The number of nitro groups is 1. The number of rotatable bonds is 5. The molecule has 0 fully saturated rings. The Hall–Kier alpha value is -1.86. The van der Waals surface area contributed by atoms with Crippen LogP contribution in [0.15, 0.2) is 35.4 Å². The van der Waals surface area contributed by atoms with Crippen LogP contribution < -0.4 is 0 Å². The van der Waals surface area contributed by atoms with Crippen molar-refractivity contribution in [2.75, 3.05) is 12.9 Å². The van der Waals surface area contributed by atoms with Crippen LogP contribution in [0.25, 0.3) is 11.4 Å². The second kappa shape index (κ2) is 5.85. The number of aromatic nitrogens is 2. The van der Waals surface area contributed by atoms with E-state index in [9.17, 15) is 10.1 Å². The molecule has 1 aromatic carbocycles. The number of benzene rings is 1. The van der Waals surface area contributed by atoms with Gasteiger partial charge in [0.05, 0.1) is 6.61 Å². The molecule has 0 bridgehead atoms. The van der Waals surface area contributed by atoms with Gasteiger partial charge < -0.3 is 15.2 Å². The molecule has 100 valence electrons. The van der Waals surface area contributed by atoms with E-state index in [4.69, 9.17) is 5.11 Å². The summed E-state index contributed by atoms with van der Waals surface area (Å²) in [6.07, 6.45) is 3.19. The SMILES string of the molecule is CSc1ccc(-c2ncc([N+](=O)[O-])n2CCO)cc1. The molecule has 2 rings (SSSR count). The van der Waals surface area contributed by atoms with Crippen LogP contribution in [0.3, 0.4) is 0 Å². The summed E-state index contributed by atoms with van der Waals surface area (Å²) < 4.78 is 1.41. The first-order valence-electron chi connectivity index (χ1n) is 5.62. The van der Waals surface area contributed by atoms with E-state index in [-0.39, 0.29) is 19.0 Å². The molecule has 2 aromatic rings. The summed E-state index contributed by atoms with van der Waals surface area (Å²) in [7, 11) is 0. The minimum absolute atomic E-state index is 0.113. The minimum atomic E-state index is -0.498. The van der Waals surface area contributed by atoms with Gasteiger partial charge in [-0.25, -0.2) is 9.55 Å². The molecule has 0 radical (unpaired) electrons. The molecule has 1 aromatic heterocycles. The Morgan fingerprint density at radius 2 is 2.11 bits per heavy atom. The fourth-order valence-corrected chi connectivity index (χ4v) is 2.21. The van der Waals surface area contributed by atoms with E-state index >= 15 is 0 Å². The lowest BCUT2D eigenvalue weighted by Gasteiger charge is -2.03. The second-order valence-corrected chi connectivity index (χ2v) is 4.68. The second-order valence-electron chi connectivity index (χ2n) is 3.80. The Balaban J connectivity index is 2.45. The highest BCUT2D eigenvalue weighted by Gasteiger charge is 2.20. The number of nitrogens with zero attached hydrogens (tertiary/aromatic N) is 3. The smallest absolute Gasteiger partial charge is 0.343 e. The van der Waals surface area contributed by atoms with Crippen LogP contribution >= 0.6 is 11.8 Å². The summed E-state index contributed by atoms with van der Waals surface area (Å²) in [6.45, 7) is -0.0248. The number of hydrogen-bond acceptors (Lipinski definition) is 5. The van der Waals surface area contributed by atoms with Crippen LogP contribution in [0.1, 0.15) is 0 Å². The first-order valence-corrected chi connectivity index (χ1v) is 6.85. The Morgan fingerprint density at radius 1 is 1.42 bits per heavy atom. The molecular weight excluding hydrogens is 266 g/mol. The fourth-order valence-electron chi connectivity index (χ4n) is 1.80. The van der Waals surface area contributed by atoms with Crippen LogP contribution in [0, 0.1) is 10.1 Å². The van der Waals surface area contributed by atoms with Crippen molar-refractivity contribution in [1.29, 1.82) is 0 Å². The summed E-state index contributed by atoms with van der Waals surface area (Å²) in [5, 5.41) is 19.9. The molecule has 0 spiro atoms. The maximum atomic E-state index is 10.9. The average molecular weight is 279 g/mol. The molecular formula is C12H13N3O3S. The van der Waals surface area contributed by atoms with Gasteiger partial charge in [0, 0.05) is 10.5 Å². The Labute approximate surface area is 114 Å². The normalized spacial score (nSPS) is 10.6. The van der Waals surface area contributed by atoms with Crippen LogP contribution in [0.5, 0.6) is 0 Å². The highest BCUT2D eigenvalue weighted by atomic mass is 32.2. The summed E-state index contributed by atoms with van der Waals surface area (Å²) in [5.74, 6) is 0.381. The molecule has 0 unspecified atom stereocenters. The van der Waals surface area contributed by atoms with E-state index in [0.717, 1.165) is 10.5 Å². The third kappa shape index (κ3) is 2.77. The molecule has 0 aliphatic carbocycles. The van der Waals surface area contributed by atoms with Gasteiger partial charge in [-0.1, -0.05) is 0 Å². The topological polar surface area (TPSA) is 81.2 Å². The van der Waals surface area contributed by atoms with E-state index in [0.29, 0.717) is 5.82 Å². The zero-order valence-corrected chi connectivity index (χ0v) is 11.1. The van der Waals surface area contributed by atoms with Gasteiger partial charge in [0.2, 0.25) is 5.82 Å². The largest absolute Gasteiger partial charge is 0.392 e. The number of aliphatic hydroxyl groups excluding tert-OH is 1. The Morgan fingerprint density at radius 3 is 2.63 bits per heavy atom. The van der Waals surface area contributed by atoms with Crippen molar-refractivity contribution in [3.63, 3.8) is 0 Å². The predicted octanol–water partition coefficient (Wildman–Crippen LogP) is 2.17. The van der Waals surface area contributed by atoms with Crippen molar-refractivity contribution in [3.05, 3.63) is 40.6 Å². The number of hydrogen-bond donors (Lipinski definition) is 1. The summed E-state index contributed by atoms with van der Waals surface area (Å²) in [4.78, 5) is 15.6. The quantitative estimate of drug-likeness (QED) is 0.515. The van der Waals surface area contributed by atoms with Gasteiger partial charge >= 0.3 is 5.82 Å². The lowest BCUT2D eigenvalue weighted by atomic mass is 10.2. The van der Waals surface area contributed by atoms with Gasteiger partial charge in [-0.2, -0.15) is 0 Å². The molecule has 7 heteroatoms. The van der Waals surface area contributed by atoms with E-state index in [1.165, 1.54) is 10.8 Å². The highest BCUT2D eigenvalue weighted by Crippen LogP contribution is 2.25. The summed E-state index contributed by atoms with van der Waals surface area (Å²) in [6, 6.07) is 7.60. The van der Waals surface area contributed by atoms with Gasteiger partial charge in [-0.15, -0.1) is 11.8 Å². The number of imidazole rings is 1. The first kappa shape index (κ1) is 13.6. The molecule has 6 nitrogen and oxygen atoms in total. The lowest BCUT2D eigenvalue weighted by Crippen LogP contribution is -2.07. The summed E-state index contributed by atoms with van der Waals surface area (Å²) >= 11 is 1.62. The van der Waals surface area contributed by atoms with E-state index in [1.807, 2.05) is 30.5 Å². The van der Waals surface area contributed by atoms with Gasteiger partial charge in [-0.05, 0) is 35.4 Å². The third-order valence-corrected chi connectivity index (χ3v) is 3.44. The molecule has 1 N–H and O–H groups in total. The monoisotopic (exact) mass is 279 g/mol. The molecule has 0 atom stereocenters. The van der Waals surface area contributed by atoms with Crippen molar-refractivity contribution in [2.24, 2.45) is 0 Å². The van der Waals surface area contributed by atoms with Gasteiger partial charge in [-0.3, -0.25) is 0 Å². The fraction of sp³-hybridized carbons (Fsp3) is 0.250. The maximum Gasteiger partial charge on any atom is 0.343 e. The van der Waals surface area contributed by atoms with Crippen molar-refractivity contribution < 1.29 is 10.0 Å².